The van der Waals surface area contributed by atoms with Crippen molar-refractivity contribution in [2.45, 2.75) is 13.2 Å². The van der Waals surface area contributed by atoms with Gasteiger partial charge in [-0.1, -0.05) is 24.3 Å². The van der Waals surface area contributed by atoms with Crippen molar-refractivity contribution in [1.82, 2.24) is 10.3 Å². The zero-order valence-electron chi connectivity index (χ0n) is 11.1. The molecule has 0 saturated heterocycles. The van der Waals surface area contributed by atoms with Gasteiger partial charge in [0.1, 0.15) is 4.60 Å². The van der Waals surface area contributed by atoms with Crippen molar-refractivity contribution >= 4 is 21.8 Å². The smallest absolute Gasteiger partial charge is 0.251 e. The summed E-state index contributed by atoms with van der Waals surface area (Å²) in [4.78, 5) is 16.0. The number of rotatable bonds is 5. The van der Waals surface area contributed by atoms with Crippen LogP contribution in [0.25, 0.3) is 0 Å². The third-order valence-corrected chi connectivity index (χ3v) is 3.18. The Hall–Kier alpha value is -1.72. The lowest BCUT2D eigenvalue weighted by Crippen LogP contribution is -2.22. The van der Waals surface area contributed by atoms with Crippen molar-refractivity contribution < 1.29 is 9.53 Å². The lowest BCUT2D eigenvalue weighted by molar-refractivity contribution is 0.0950. The molecule has 1 amide bonds. The molecule has 0 aliphatic rings. The highest BCUT2D eigenvalue weighted by molar-refractivity contribution is 9.10. The van der Waals surface area contributed by atoms with Crippen molar-refractivity contribution in [2.24, 2.45) is 0 Å². The predicted octanol–water partition coefficient (Wildman–Crippen LogP) is 2.92. The number of carbonyl (C=O) groups is 1. The maximum atomic E-state index is 12.0. The van der Waals surface area contributed by atoms with Gasteiger partial charge in [0, 0.05) is 25.4 Å². The van der Waals surface area contributed by atoms with E-state index in [4.69, 9.17) is 4.74 Å². The molecule has 0 spiro atoms. The number of aromatic nitrogens is 1. The van der Waals surface area contributed by atoms with E-state index in [0.29, 0.717) is 23.3 Å². The maximum Gasteiger partial charge on any atom is 0.251 e. The minimum atomic E-state index is -0.120. The third kappa shape index (κ3) is 4.15. The minimum Gasteiger partial charge on any atom is -0.380 e. The molecule has 1 heterocycles. The Morgan fingerprint density at radius 1 is 1.30 bits per heavy atom. The number of nitrogens with zero attached hydrogens (tertiary/aromatic N) is 1. The number of benzene rings is 1. The molecule has 0 bridgehead atoms. The van der Waals surface area contributed by atoms with Crippen LogP contribution in [0, 0.1) is 0 Å². The minimum absolute atomic E-state index is 0.120. The highest BCUT2D eigenvalue weighted by atomic mass is 79.9. The molecule has 4 nitrogen and oxygen atoms in total. The highest BCUT2D eigenvalue weighted by Gasteiger charge is 2.06. The van der Waals surface area contributed by atoms with Crippen LogP contribution in [0.3, 0.4) is 0 Å². The Morgan fingerprint density at radius 3 is 2.85 bits per heavy atom. The van der Waals surface area contributed by atoms with Crippen LogP contribution in [0.4, 0.5) is 0 Å². The van der Waals surface area contributed by atoms with Crippen molar-refractivity contribution in [1.29, 1.82) is 0 Å². The number of methoxy groups -OCH3 is 1. The van der Waals surface area contributed by atoms with Gasteiger partial charge in [0.15, 0.2) is 0 Å². The summed E-state index contributed by atoms with van der Waals surface area (Å²) in [6.45, 7) is 1.05. The van der Waals surface area contributed by atoms with Gasteiger partial charge in [0.05, 0.1) is 6.61 Å². The Morgan fingerprint density at radius 2 is 2.10 bits per heavy atom. The van der Waals surface area contributed by atoms with Gasteiger partial charge < -0.3 is 10.1 Å². The largest absolute Gasteiger partial charge is 0.380 e. The number of amides is 1. The fraction of sp³-hybridized carbons (Fsp3) is 0.200. The molecule has 5 heteroatoms. The molecule has 0 aliphatic heterocycles. The van der Waals surface area contributed by atoms with Gasteiger partial charge in [0.25, 0.3) is 5.91 Å². The molecule has 0 aliphatic carbocycles. The highest BCUT2D eigenvalue weighted by Crippen LogP contribution is 2.09. The number of pyridine rings is 1. The van der Waals surface area contributed by atoms with E-state index in [9.17, 15) is 4.79 Å². The lowest BCUT2D eigenvalue weighted by atomic mass is 10.1. The van der Waals surface area contributed by atoms with Crippen LogP contribution in [-0.2, 0) is 17.9 Å². The molecule has 0 fully saturated rings. The number of hydrogen-bond donors (Lipinski definition) is 1. The summed E-state index contributed by atoms with van der Waals surface area (Å²) in [7, 11) is 1.66. The predicted molar refractivity (Wildman–Crippen MR) is 80.3 cm³/mol. The molecule has 0 saturated carbocycles. The van der Waals surface area contributed by atoms with E-state index in [1.54, 1.807) is 25.4 Å². The van der Waals surface area contributed by atoms with Crippen molar-refractivity contribution in [3.8, 4) is 0 Å². The van der Waals surface area contributed by atoms with Gasteiger partial charge in [0.2, 0.25) is 0 Å². The molecule has 1 N–H and O–H groups in total. The fourth-order valence-corrected chi connectivity index (χ4v) is 2.19. The third-order valence-electron chi connectivity index (χ3n) is 2.74. The number of nitrogens with one attached hydrogen (secondary N) is 1. The summed E-state index contributed by atoms with van der Waals surface area (Å²) >= 11 is 3.25. The monoisotopic (exact) mass is 334 g/mol. The summed E-state index contributed by atoms with van der Waals surface area (Å²) in [5, 5.41) is 2.88. The van der Waals surface area contributed by atoms with E-state index >= 15 is 0 Å². The lowest BCUT2D eigenvalue weighted by Gasteiger charge is -2.07. The van der Waals surface area contributed by atoms with Gasteiger partial charge in [-0.25, -0.2) is 4.98 Å². The molecule has 0 unspecified atom stereocenters. The van der Waals surface area contributed by atoms with Crippen molar-refractivity contribution in [2.75, 3.05) is 7.11 Å². The second-order valence-corrected chi connectivity index (χ2v) is 5.12. The number of ether oxygens (including phenoxy) is 1. The number of carbonyl (C=O) groups excluding carboxylic acids is 1. The van der Waals surface area contributed by atoms with Crippen LogP contribution in [0.15, 0.2) is 47.2 Å². The Balaban J connectivity index is 1.98. The SMILES string of the molecule is COCc1cccc(CNC(=O)c2ccnc(Br)c2)c1. The van der Waals surface area contributed by atoms with Gasteiger partial charge in [-0.2, -0.15) is 0 Å². The van der Waals surface area contributed by atoms with E-state index in [2.05, 4.69) is 26.2 Å². The summed E-state index contributed by atoms with van der Waals surface area (Å²) in [6.07, 6.45) is 1.60. The topological polar surface area (TPSA) is 51.2 Å². The van der Waals surface area contributed by atoms with E-state index in [1.165, 1.54) is 0 Å². The van der Waals surface area contributed by atoms with E-state index in [0.717, 1.165) is 11.1 Å². The molecule has 1 aromatic carbocycles. The maximum absolute atomic E-state index is 12.0. The first kappa shape index (κ1) is 14.7. The summed E-state index contributed by atoms with van der Waals surface area (Å²) in [6, 6.07) is 11.3. The molecule has 104 valence electrons. The van der Waals surface area contributed by atoms with Gasteiger partial charge in [-0.3, -0.25) is 4.79 Å². The van der Waals surface area contributed by atoms with E-state index in [-0.39, 0.29) is 5.91 Å². The average Bonchev–Trinajstić information content (AvgIpc) is 2.45. The first-order chi connectivity index (χ1) is 9.69. The zero-order valence-corrected chi connectivity index (χ0v) is 12.7. The van der Waals surface area contributed by atoms with Gasteiger partial charge >= 0.3 is 0 Å². The molecule has 1 aromatic heterocycles. The molecular weight excluding hydrogens is 320 g/mol. The molecule has 0 radical (unpaired) electrons. The summed E-state index contributed by atoms with van der Waals surface area (Å²) in [5.74, 6) is -0.120. The zero-order chi connectivity index (χ0) is 14.4. The van der Waals surface area contributed by atoms with Crippen LogP contribution < -0.4 is 5.32 Å². The standard InChI is InChI=1S/C15H15BrN2O2/c1-20-10-12-4-2-3-11(7-12)9-18-15(19)13-5-6-17-14(16)8-13/h2-8H,9-10H2,1H3,(H,18,19). The van der Waals surface area contributed by atoms with E-state index in [1.807, 2.05) is 24.3 Å². The number of hydrogen-bond acceptors (Lipinski definition) is 3. The van der Waals surface area contributed by atoms with Crippen LogP contribution in [0.5, 0.6) is 0 Å². The van der Waals surface area contributed by atoms with E-state index < -0.39 is 0 Å². The van der Waals surface area contributed by atoms with Crippen LogP contribution in [0.1, 0.15) is 21.5 Å². The average molecular weight is 335 g/mol. The molecular formula is C15H15BrN2O2. The quantitative estimate of drug-likeness (QED) is 0.855. The number of halogens is 1. The van der Waals surface area contributed by atoms with Crippen LogP contribution in [0.2, 0.25) is 0 Å². The second-order valence-electron chi connectivity index (χ2n) is 4.30. The van der Waals surface area contributed by atoms with Crippen molar-refractivity contribution in [3.63, 3.8) is 0 Å². The Bertz CT molecular complexity index is 602. The molecule has 2 aromatic rings. The fourth-order valence-electron chi connectivity index (χ4n) is 1.82. The Kier molecular flexibility index (Phi) is 5.26. The molecule has 2 rings (SSSR count). The first-order valence-corrected chi connectivity index (χ1v) is 6.95. The van der Waals surface area contributed by atoms with Crippen molar-refractivity contribution in [3.05, 3.63) is 63.9 Å². The molecule has 20 heavy (non-hydrogen) atoms. The molecule has 0 atom stereocenters. The summed E-state index contributed by atoms with van der Waals surface area (Å²) < 4.78 is 5.74. The summed E-state index contributed by atoms with van der Waals surface area (Å²) in [5.41, 5.74) is 2.71. The van der Waals surface area contributed by atoms with Crippen LogP contribution in [-0.4, -0.2) is 18.0 Å². The second kappa shape index (κ2) is 7.17. The Labute approximate surface area is 126 Å². The first-order valence-electron chi connectivity index (χ1n) is 6.15. The van der Waals surface area contributed by atoms with Gasteiger partial charge in [-0.05, 0) is 39.2 Å². The van der Waals surface area contributed by atoms with Gasteiger partial charge in [-0.15, -0.1) is 0 Å². The van der Waals surface area contributed by atoms with Crippen LogP contribution >= 0.6 is 15.9 Å². The normalized spacial score (nSPS) is 10.3.